The molecule has 0 spiro atoms. The molecule has 0 radical (unpaired) electrons. The molecule has 108 valence electrons. The normalized spacial score (nSPS) is 11.6. The molecular formula is C12H13ClN2O4S. The van der Waals surface area contributed by atoms with Crippen molar-refractivity contribution >= 4 is 19.7 Å². The summed E-state index contributed by atoms with van der Waals surface area (Å²) in [6.07, 6.45) is 0. The van der Waals surface area contributed by atoms with Gasteiger partial charge < -0.3 is 9.15 Å². The van der Waals surface area contributed by atoms with E-state index < -0.39 is 9.05 Å². The summed E-state index contributed by atoms with van der Waals surface area (Å²) >= 11 is 0. The third kappa shape index (κ3) is 3.29. The third-order valence-corrected chi connectivity index (χ3v) is 3.88. The van der Waals surface area contributed by atoms with Crippen LogP contribution in [0, 0.1) is 20.8 Å². The fourth-order valence-corrected chi connectivity index (χ4v) is 2.92. The van der Waals surface area contributed by atoms with Gasteiger partial charge in [0.15, 0.2) is 6.61 Å². The second kappa shape index (κ2) is 5.41. The summed E-state index contributed by atoms with van der Waals surface area (Å²) in [6.45, 7) is 5.16. The van der Waals surface area contributed by atoms with Gasteiger partial charge in [0.1, 0.15) is 10.6 Å². The zero-order valence-electron chi connectivity index (χ0n) is 11.2. The number of halogens is 1. The van der Waals surface area contributed by atoms with Crippen LogP contribution in [0.15, 0.2) is 21.4 Å². The highest BCUT2D eigenvalue weighted by atomic mass is 35.7. The van der Waals surface area contributed by atoms with E-state index >= 15 is 0 Å². The maximum atomic E-state index is 11.6. The van der Waals surface area contributed by atoms with Crippen LogP contribution in [0.5, 0.6) is 5.75 Å². The van der Waals surface area contributed by atoms with Crippen molar-refractivity contribution in [1.82, 2.24) is 10.2 Å². The maximum Gasteiger partial charge on any atom is 0.265 e. The number of hydrogen-bond donors (Lipinski definition) is 0. The molecule has 1 aromatic heterocycles. The second-order valence-electron chi connectivity index (χ2n) is 4.35. The number of aryl methyl sites for hydroxylation is 3. The smallest absolute Gasteiger partial charge is 0.265 e. The van der Waals surface area contributed by atoms with Crippen molar-refractivity contribution in [3.8, 4) is 5.75 Å². The molecule has 0 atom stereocenters. The lowest BCUT2D eigenvalue weighted by atomic mass is 10.1. The van der Waals surface area contributed by atoms with E-state index in [9.17, 15) is 8.42 Å². The summed E-state index contributed by atoms with van der Waals surface area (Å²) in [4.78, 5) is -0.0621. The minimum Gasteiger partial charge on any atom is -0.482 e. The molecule has 0 aliphatic rings. The summed E-state index contributed by atoms with van der Waals surface area (Å²) in [6, 6.07) is 3.27. The van der Waals surface area contributed by atoms with Crippen molar-refractivity contribution < 1.29 is 17.6 Å². The van der Waals surface area contributed by atoms with Gasteiger partial charge in [-0.2, -0.15) is 0 Å². The second-order valence-corrected chi connectivity index (χ2v) is 6.88. The SMILES string of the molecule is Cc1cc(C)c(OCc2nnc(C)o2)c(S(=O)(=O)Cl)c1. The van der Waals surface area contributed by atoms with E-state index in [-0.39, 0.29) is 23.1 Å². The molecule has 0 aliphatic heterocycles. The Hall–Kier alpha value is -1.60. The summed E-state index contributed by atoms with van der Waals surface area (Å²) in [5, 5.41) is 7.44. The Labute approximate surface area is 121 Å². The molecule has 0 N–H and O–H groups in total. The molecule has 2 aromatic rings. The maximum absolute atomic E-state index is 11.6. The van der Waals surface area contributed by atoms with E-state index in [1.165, 1.54) is 6.07 Å². The fraction of sp³-hybridized carbons (Fsp3) is 0.333. The highest BCUT2D eigenvalue weighted by Gasteiger charge is 2.20. The van der Waals surface area contributed by atoms with Crippen LogP contribution in [0.25, 0.3) is 0 Å². The molecule has 0 aliphatic carbocycles. The summed E-state index contributed by atoms with van der Waals surface area (Å²) in [5.41, 5.74) is 1.45. The highest BCUT2D eigenvalue weighted by molar-refractivity contribution is 8.13. The molecule has 6 nitrogen and oxygen atoms in total. The minimum atomic E-state index is -3.90. The van der Waals surface area contributed by atoms with Gasteiger partial charge in [0.05, 0.1) is 0 Å². The van der Waals surface area contributed by atoms with E-state index in [0.29, 0.717) is 11.5 Å². The van der Waals surface area contributed by atoms with Crippen LogP contribution in [0.1, 0.15) is 22.9 Å². The van der Waals surface area contributed by atoms with E-state index in [1.807, 2.05) is 0 Å². The van der Waals surface area contributed by atoms with Crippen LogP contribution in [0.4, 0.5) is 0 Å². The van der Waals surface area contributed by atoms with Crippen molar-refractivity contribution in [2.24, 2.45) is 0 Å². The molecule has 20 heavy (non-hydrogen) atoms. The quantitative estimate of drug-likeness (QED) is 0.806. The Morgan fingerprint density at radius 1 is 1.25 bits per heavy atom. The minimum absolute atomic E-state index is 0.0237. The van der Waals surface area contributed by atoms with Gasteiger partial charge in [0.25, 0.3) is 14.9 Å². The topological polar surface area (TPSA) is 82.3 Å². The fourth-order valence-electron chi connectivity index (χ4n) is 1.81. The lowest BCUT2D eigenvalue weighted by molar-refractivity contribution is 0.253. The van der Waals surface area contributed by atoms with Gasteiger partial charge in [0.2, 0.25) is 5.89 Å². The molecule has 0 saturated heterocycles. The van der Waals surface area contributed by atoms with Crippen molar-refractivity contribution in [1.29, 1.82) is 0 Å². The van der Waals surface area contributed by atoms with Crippen LogP contribution in [-0.2, 0) is 15.7 Å². The van der Waals surface area contributed by atoms with Crippen LogP contribution in [-0.4, -0.2) is 18.6 Å². The average molecular weight is 317 g/mol. The van der Waals surface area contributed by atoms with Crippen LogP contribution in [0.3, 0.4) is 0 Å². The lowest BCUT2D eigenvalue weighted by Gasteiger charge is -2.12. The third-order valence-electron chi connectivity index (χ3n) is 2.56. The first kappa shape index (κ1) is 14.8. The van der Waals surface area contributed by atoms with Crippen LogP contribution >= 0.6 is 10.7 Å². The largest absolute Gasteiger partial charge is 0.482 e. The van der Waals surface area contributed by atoms with Gasteiger partial charge >= 0.3 is 0 Å². The molecule has 0 saturated carbocycles. The van der Waals surface area contributed by atoms with E-state index in [1.54, 1.807) is 26.8 Å². The van der Waals surface area contributed by atoms with Crippen molar-refractivity contribution in [3.05, 3.63) is 35.0 Å². The first-order valence-corrected chi connectivity index (χ1v) is 8.06. The summed E-state index contributed by atoms with van der Waals surface area (Å²) < 4.78 is 33.9. The number of nitrogens with zero attached hydrogens (tertiary/aromatic N) is 2. The van der Waals surface area contributed by atoms with Gasteiger partial charge in [-0.1, -0.05) is 6.07 Å². The molecule has 1 heterocycles. The van der Waals surface area contributed by atoms with Crippen LogP contribution < -0.4 is 4.74 Å². The lowest BCUT2D eigenvalue weighted by Crippen LogP contribution is -2.03. The van der Waals surface area contributed by atoms with E-state index in [0.717, 1.165) is 5.56 Å². The number of hydrogen-bond acceptors (Lipinski definition) is 6. The predicted molar refractivity (Wildman–Crippen MR) is 72.3 cm³/mol. The number of rotatable bonds is 4. The van der Waals surface area contributed by atoms with Gasteiger partial charge in [-0.3, -0.25) is 0 Å². The van der Waals surface area contributed by atoms with Gasteiger partial charge in [-0.05, 0) is 31.0 Å². The molecular weight excluding hydrogens is 304 g/mol. The Balaban J connectivity index is 2.35. The predicted octanol–water partition coefficient (Wildman–Crippen LogP) is 2.50. The van der Waals surface area contributed by atoms with Gasteiger partial charge in [-0.15, -0.1) is 10.2 Å². The Bertz CT molecular complexity index is 740. The highest BCUT2D eigenvalue weighted by Crippen LogP contribution is 2.32. The molecule has 1 aromatic carbocycles. The molecule has 8 heteroatoms. The van der Waals surface area contributed by atoms with Gasteiger partial charge in [0, 0.05) is 17.6 Å². The molecule has 0 fully saturated rings. The Kier molecular flexibility index (Phi) is 4.01. The average Bonchev–Trinajstić information content (AvgIpc) is 2.72. The summed E-state index contributed by atoms with van der Waals surface area (Å²) in [7, 11) is 1.54. The molecule has 0 bridgehead atoms. The monoisotopic (exact) mass is 316 g/mol. The summed E-state index contributed by atoms with van der Waals surface area (Å²) in [5.74, 6) is 0.872. The molecule has 0 unspecified atom stereocenters. The van der Waals surface area contributed by atoms with Crippen molar-refractivity contribution in [2.45, 2.75) is 32.3 Å². The molecule has 0 amide bonds. The Morgan fingerprint density at radius 3 is 2.50 bits per heavy atom. The number of aromatic nitrogens is 2. The molecule has 2 rings (SSSR count). The van der Waals surface area contributed by atoms with E-state index in [2.05, 4.69) is 10.2 Å². The van der Waals surface area contributed by atoms with Crippen molar-refractivity contribution in [2.75, 3.05) is 0 Å². The van der Waals surface area contributed by atoms with E-state index in [4.69, 9.17) is 19.8 Å². The standard InChI is InChI=1S/C12H13ClN2O4S/c1-7-4-8(2)12(10(5-7)20(13,16)17)18-6-11-15-14-9(3)19-11/h4-5H,6H2,1-3H3. The van der Waals surface area contributed by atoms with Crippen molar-refractivity contribution in [3.63, 3.8) is 0 Å². The first-order valence-electron chi connectivity index (χ1n) is 5.75. The zero-order chi connectivity index (χ0) is 14.9. The number of benzene rings is 1. The Morgan fingerprint density at radius 2 is 1.95 bits per heavy atom. The zero-order valence-corrected chi connectivity index (χ0v) is 12.7. The van der Waals surface area contributed by atoms with Gasteiger partial charge in [-0.25, -0.2) is 8.42 Å². The number of ether oxygens (including phenoxy) is 1. The van der Waals surface area contributed by atoms with Crippen LogP contribution in [0.2, 0.25) is 0 Å². The first-order chi connectivity index (χ1) is 9.27.